The second-order valence-electron chi connectivity index (χ2n) is 6.77. The molecule has 10 heteroatoms. The van der Waals surface area contributed by atoms with Crippen LogP contribution < -0.4 is 11.1 Å². The number of amides is 1. The van der Waals surface area contributed by atoms with Gasteiger partial charge in [-0.05, 0) is 41.1 Å². The number of nitrogens with one attached hydrogen (secondary N) is 1. The summed E-state index contributed by atoms with van der Waals surface area (Å²) in [5, 5.41) is 23.4. The largest absolute Gasteiger partial charge is 0.397 e. The van der Waals surface area contributed by atoms with Gasteiger partial charge in [0.25, 0.3) is 11.6 Å². The standard InChI is InChI=1S/C21H18N6O3S/c22-17-8-5-15(20-2-1-11-31-20)12-18(17)23-21(28)19-13-26(25-24-19)10-9-14-3-6-16(7-4-14)27(29)30/h1-8,11-13H,9-10,22H2,(H,23,28). The number of carbonyl (C=O) groups excluding carboxylic acids is 1. The SMILES string of the molecule is Nc1ccc(-c2cccs2)cc1NC(=O)c1cn(CCc2ccc([N+](=O)[O-])cc2)nn1. The van der Waals surface area contributed by atoms with Crippen LogP contribution in [0.25, 0.3) is 10.4 Å². The molecule has 0 atom stereocenters. The number of thiophene rings is 1. The molecule has 0 bridgehead atoms. The number of benzene rings is 2. The minimum Gasteiger partial charge on any atom is -0.397 e. The van der Waals surface area contributed by atoms with E-state index in [1.165, 1.54) is 12.1 Å². The zero-order valence-corrected chi connectivity index (χ0v) is 17.1. The number of nitrogens with two attached hydrogens (primary N) is 1. The zero-order valence-electron chi connectivity index (χ0n) is 16.3. The van der Waals surface area contributed by atoms with Crippen LogP contribution in [0.3, 0.4) is 0 Å². The van der Waals surface area contributed by atoms with Gasteiger partial charge in [0, 0.05) is 23.6 Å². The molecule has 0 unspecified atom stereocenters. The number of hydrogen-bond donors (Lipinski definition) is 2. The number of carbonyl (C=O) groups is 1. The molecule has 9 nitrogen and oxygen atoms in total. The topological polar surface area (TPSA) is 129 Å². The smallest absolute Gasteiger partial charge is 0.277 e. The molecule has 0 spiro atoms. The van der Waals surface area contributed by atoms with Crippen molar-refractivity contribution in [2.45, 2.75) is 13.0 Å². The maximum absolute atomic E-state index is 12.6. The van der Waals surface area contributed by atoms with E-state index in [0.717, 1.165) is 16.0 Å². The number of nitrogen functional groups attached to an aromatic ring is 1. The van der Waals surface area contributed by atoms with Crippen molar-refractivity contribution in [2.75, 3.05) is 11.1 Å². The highest BCUT2D eigenvalue weighted by molar-refractivity contribution is 7.13. The van der Waals surface area contributed by atoms with Crippen LogP contribution in [0, 0.1) is 10.1 Å². The molecule has 0 saturated carbocycles. The van der Waals surface area contributed by atoms with Crippen molar-refractivity contribution < 1.29 is 9.72 Å². The summed E-state index contributed by atoms with van der Waals surface area (Å²) in [6.07, 6.45) is 2.15. The third-order valence-electron chi connectivity index (χ3n) is 4.66. The van der Waals surface area contributed by atoms with Gasteiger partial charge in [-0.2, -0.15) is 0 Å². The molecule has 3 N–H and O–H groups in total. The minimum absolute atomic E-state index is 0.0471. The Bertz CT molecular complexity index is 1220. The van der Waals surface area contributed by atoms with Gasteiger partial charge in [-0.3, -0.25) is 19.6 Å². The number of aromatic nitrogens is 3. The van der Waals surface area contributed by atoms with Crippen LogP contribution in [0.4, 0.5) is 17.1 Å². The zero-order chi connectivity index (χ0) is 21.8. The van der Waals surface area contributed by atoms with Gasteiger partial charge in [0.2, 0.25) is 0 Å². The Kier molecular flexibility index (Phi) is 5.72. The van der Waals surface area contributed by atoms with Crippen LogP contribution in [0.2, 0.25) is 0 Å². The van der Waals surface area contributed by atoms with Gasteiger partial charge in [-0.1, -0.05) is 29.5 Å². The molecule has 4 aromatic rings. The summed E-state index contributed by atoms with van der Waals surface area (Å²) in [5.41, 5.74) is 9.09. The maximum Gasteiger partial charge on any atom is 0.277 e. The summed E-state index contributed by atoms with van der Waals surface area (Å²) in [5.74, 6) is -0.406. The number of non-ortho nitro benzene ring substituents is 1. The lowest BCUT2D eigenvalue weighted by atomic mass is 10.1. The van der Waals surface area contributed by atoms with Crippen molar-refractivity contribution >= 4 is 34.3 Å². The molecule has 0 aliphatic rings. The lowest BCUT2D eigenvalue weighted by Crippen LogP contribution is -2.13. The fraction of sp³-hybridized carbons (Fsp3) is 0.0952. The molecule has 156 valence electrons. The van der Waals surface area contributed by atoms with E-state index in [2.05, 4.69) is 15.6 Å². The van der Waals surface area contributed by atoms with Crippen molar-refractivity contribution in [2.24, 2.45) is 0 Å². The number of nitrogens with zero attached hydrogens (tertiary/aromatic N) is 4. The molecule has 0 radical (unpaired) electrons. The number of anilines is 2. The molecule has 2 aromatic heterocycles. The van der Waals surface area contributed by atoms with E-state index in [1.54, 1.807) is 40.4 Å². The predicted octanol–water partition coefficient (Wildman–Crippen LogP) is 3.99. The molecule has 31 heavy (non-hydrogen) atoms. The van der Waals surface area contributed by atoms with Crippen LogP contribution in [0.5, 0.6) is 0 Å². The van der Waals surface area contributed by atoms with Crippen molar-refractivity contribution in [1.82, 2.24) is 15.0 Å². The Morgan fingerprint density at radius 1 is 1.19 bits per heavy atom. The first kappa shape index (κ1) is 20.2. The quantitative estimate of drug-likeness (QED) is 0.257. The van der Waals surface area contributed by atoms with Gasteiger partial charge in [0.05, 0.1) is 22.5 Å². The summed E-state index contributed by atoms with van der Waals surface area (Å²) >= 11 is 1.60. The highest BCUT2D eigenvalue weighted by atomic mass is 32.1. The monoisotopic (exact) mass is 434 g/mol. The van der Waals surface area contributed by atoms with Gasteiger partial charge in [-0.15, -0.1) is 16.4 Å². The van der Waals surface area contributed by atoms with Gasteiger partial charge in [0.1, 0.15) is 0 Å². The van der Waals surface area contributed by atoms with Crippen LogP contribution in [0.1, 0.15) is 16.1 Å². The summed E-state index contributed by atoms with van der Waals surface area (Å²) in [6, 6.07) is 15.8. The summed E-state index contributed by atoms with van der Waals surface area (Å²) in [6.45, 7) is 0.480. The second kappa shape index (κ2) is 8.76. The second-order valence-corrected chi connectivity index (χ2v) is 7.72. The molecule has 0 aliphatic heterocycles. The predicted molar refractivity (Wildman–Crippen MR) is 119 cm³/mol. The average molecular weight is 434 g/mol. The van der Waals surface area contributed by atoms with Crippen molar-refractivity contribution in [1.29, 1.82) is 0 Å². The molecule has 0 saturated heterocycles. The van der Waals surface area contributed by atoms with Crippen LogP contribution in [-0.4, -0.2) is 25.8 Å². The molecular weight excluding hydrogens is 416 g/mol. The fourth-order valence-electron chi connectivity index (χ4n) is 2.99. The third kappa shape index (κ3) is 4.75. The number of nitro benzene ring substituents is 1. The minimum atomic E-state index is -0.436. The normalized spacial score (nSPS) is 10.7. The Morgan fingerprint density at radius 3 is 2.71 bits per heavy atom. The lowest BCUT2D eigenvalue weighted by Gasteiger charge is -2.08. The first-order valence-electron chi connectivity index (χ1n) is 9.38. The Morgan fingerprint density at radius 2 is 2.00 bits per heavy atom. The van der Waals surface area contributed by atoms with E-state index >= 15 is 0 Å². The number of aryl methyl sites for hydroxylation is 2. The van der Waals surface area contributed by atoms with Crippen molar-refractivity contribution in [3.63, 3.8) is 0 Å². The van der Waals surface area contributed by atoms with Crippen molar-refractivity contribution in [3.05, 3.63) is 87.5 Å². The third-order valence-corrected chi connectivity index (χ3v) is 5.57. The van der Waals surface area contributed by atoms with Gasteiger partial charge < -0.3 is 11.1 Å². The molecular formula is C21H18N6O3S. The summed E-state index contributed by atoms with van der Waals surface area (Å²) < 4.78 is 1.56. The Hall–Kier alpha value is -4.05. The van der Waals surface area contributed by atoms with Crippen molar-refractivity contribution in [3.8, 4) is 10.4 Å². The number of rotatable bonds is 7. The van der Waals surface area contributed by atoms with E-state index in [-0.39, 0.29) is 11.4 Å². The van der Waals surface area contributed by atoms with E-state index in [9.17, 15) is 14.9 Å². The number of hydrogen-bond acceptors (Lipinski definition) is 7. The molecule has 2 heterocycles. The first-order valence-corrected chi connectivity index (χ1v) is 10.3. The first-order chi connectivity index (χ1) is 15.0. The highest BCUT2D eigenvalue weighted by Crippen LogP contribution is 2.30. The van der Waals surface area contributed by atoms with E-state index in [0.29, 0.717) is 24.3 Å². The molecule has 0 fully saturated rings. The van der Waals surface area contributed by atoms with Gasteiger partial charge in [0.15, 0.2) is 5.69 Å². The Labute approximate surface area is 181 Å². The van der Waals surface area contributed by atoms with Gasteiger partial charge >= 0.3 is 0 Å². The maximum atomic E-state index is 12.6. The highest BCUT2D eigenvalue weighted by Gasteiger charge is 2.14. The molecule has 2 aromatic carbocycles. The summed E-state index contributed by atoms with van der Waals surface area (Å²) in [4.78, 5) is 24.0. The van der Waals surface area contributed by atoms with Crippen LogP contribution >= 0.6 is 11.3 Å². The summed E-state index contributed by atoms with van der Waals surface area (Å²) in [7, 11) is 0. The van der Waals surface area contributed by atoms with Crippen LogP contribution in [-0.2, 0) is 13.0 Å². The molecule has 4 rings (SSSR count). The lowest BCUT2D eigenvalue weighted by molar-refractivity contribution is -0.384. The van der Waals surface area contributed by atoms with Gasteiger partial charge in [-0.25, -0.2) is 0 Å². The number of nitro groups is 1. The average Bonchev–Trinajstić information content (AvgIpc) is 3.46. The fourth-order valence-corrected chi connectivity index (χ4v) is 3.71. The van der Waals surface area contributed by atoms with E-state index in [1.807, 2.05) is 29.6 Å². The molecule has 0 aliphatic carbocycles. The molecule has 1 amide bonds. The van der Waals surface area contributed by atoms with Crippen LogP contribution in [0.15, 0.2) is 66.2 Å². The van der Waals surface area contributed by atoms with E-state index in [4.69, 9.17) is 5.73 Å². The van der Waals surface area contributed by atoms with E-state index < -0.39 is 10.8 Å². The Balaban J connectivity index is 1.40.